The number of thiocarbonyl (C=S) groups is 1. The van der Waals surface area contributed by atoms with E-state index in [0.29, 0.717) is 21.7 Å². The van der Waals surface area contributed by atoms with Crippen LogP contribution < -0.4 is 5.32 Å². The lowest BCUT2D eigenvalue weighted by Gasteiger charge is -2.23. The Bertz CT molecular complexity index is 351. The van der Waals surface area contributed by atoms with Gasteiger partial charge in [0, 0.05) is 24.5 Å². The molecule has 1 aliphatic rings. The number of rotatable bonds is 4. The van der Waals surface area contributed by atoms with Gasteiger partial charge in [0.1, 0.15) is 10.4 Å². The average Bonchev–Trinajstić information content (AvgIpc) is 2.83. The molecular weight excluding hydrogens is 292 g/mol. The third-order valence-corrected chi connectivity index (χ3v) is 5.24. The van der Waals surface area contributed by atoms with Crippen molar-refractivity contribution in [2.24, 2.45) is 5.92 Å². The molecule has 1 fully saturated rings. The zero-order chi connectivity index (χ0) is 13.7. The molecule has 18 heavy (non-hydrogen) atoms. The molecule has 5 nitrogen and oxygen atoms in total. The Morgan fingerprint density at radius 2 is 2.33 bits per heavy atom. The maximum Gasteiger partial charge on any atom is 0.327 e. The van der Waals surface area contributed by atoms with E-state index in [1.165, 1.54) is 28.4 Å². The van der Waals surface area contributed by atoms with E-state index in [1.807, 2.05) is 0 Å². The summed E-state index contributed by atoms with van der Waals surface area (Å²) in [6, 6.07) is -0.689. The normalized spacial score (nSPS) is 20.6. The minimum absolute atomic E-state index is 0.112. The number of nitrogens with one attached hydrogen (secondary N) is 1. The molecule has 0 aromatic rings. The second-order valence-corrected chi connectivity index (χ2v) is 6.61. The highest BCUT2D eigenvalue weighted by atomic mass is 32.2. The van der Waals surface area contributed by atoms with E-state index in [9.17, 15) is 9.59 Å². The summed E-state index contributed by atoms with van der Waals surface area (Å²) in [5, 5.41) is 11.9. The van der Waals surface area contributed by atoms with Crippen LogP contribution in [-0.4, -0.2) is 56.7 Å². The van der Waals surface area contributed by atoms with Gasteiger partial charge in [0.05, 0.1) is 5.88 Å². The van der Waals surface area contributed by atoms with Gasteiger partial charge in [-0.05, 0) is 0 Å². The van der Waals surface area contributed by atoms with Crippen molar-refractivity contribution in [3.63, 3.8) is 0 Å². The summed E-state index contributed by atoms with van der Waals surface area (Å²) in [5.41, 5.74) is 0. The van der Waals surface area contributed by atoms with Crippen molar-refractivity contribution >= 4 is 51.9 Å². The molecule has 8 heteroatoms. The molecule has 102 valence electrons. The Kier molecular flexibility index (Phi) is 6.24. The smallest absolute Gasteiger partial charge is 0.327 e. The molecule has 0 aromatic carbocycles. The van der Waals surface area contributed by atoms with E-state index in [-0.39, 0.29) is 11.8 Å². The van der Waals surface area contributed by atoms with Crippen LogP contribution in [-0.2, 0) is 9.59 Å². The molecule has 2 atom stereocenters. The van der Waals surface area contributed by atoms with Crippen LogP contribution in [0.4, 0.5) is 0 Å². The summed E-state index contributed by atoms with van der Waals surface area (Å²) in [6.45, 7) is 1.80. The fraction of sp³-hybridized carbons (Fsp3) is 0.700. The van der Waals surface area contributed by atoms with Crippen molar-refractivity contribution in [3.05, 3.63) is 0 Å². The van der Waals surface area contributed by atoms with Crippen molar-refractivity contribution in [2.45, 2.75) is 13.0 Å². The molecule has 0 aliphatic carbocycles. The van der Waals surface area contributed by atoms with Crippen molar-refractivity contribution < 1.29 is 14.7 Å². The Morgan fingerprint density at radius 1 is 1.67 bits per heavy atom. The maximum atomic E-state index is 12.1. The minimum Gasteiger partial charge on any atom is -0.480 e. The number of thioether (sulfide) groups is 2. The van der Waals surface area contributed by atoms with E-state index in [0.717, 1.165) is 0 Å². The third-order valence-electron chi connectivity index (χ3n) is 2.54. The number of carbonyl (C=O) groups excluding carboxylic acids is 1. The summed E-state index contributed by atoms with van der Waals surface area (Å²) in [6.07, 6.45) is 0. The molecule has 0 bridgehead atoms. The fourth-order valence-electron chi connectivity index (χ4n) is 1.49. The topological polar surface area (TPSA) is 69.6 Å². The summed E-state index contributed by atoms with van der Waals surface area (Å²) in [5.74, 6) is 0.211. The van der Waals surface area contributed by atoms with Gasteiger partial charge in [-0.2, -0.15) is 0 Å². The summed E-state index contributed by atoms with van der Waals surface area (Å²) < 4.78 is 0.639. The largest absolute Gasteiger partial charge is 0.480 e. The quantitative estimate of drug-likeness (QED) is 0.746. The second kappa shape index (κ2) is 7.20. The van der Waals surface area contributed by atoms with Crippen LogP contribution in [0.1, 0.15) is 6.92 Å². The molecule has 0 unspecified atom stereocenters. The van der Waals surface area contributed by atoms with Crippen LogP contribution in [0.15, 0.2) is 0 Å². The lowest BCUT2D eigenvalue weighted by atomic mass is 10.1. The number of aliphatic carboxylic acids is 1. The zero-order valence-corrected chi connectivity index (χ0v) is 12.7. The molecule has 0 radical (unpaired) electrons. The number of carboxylic acids is 1. The first-order valence-corrected chi connectivity index (χ1v) is 7.97. The lowest BCUT2D eigenvalue weighted by molar-refractivity contribution is -0.148. The molecule has 0 aromatic heterocycles. The molecule has 1 amide bonds. The van der Waals surface area contributed by atoms with Gasteiger partial charge < -0.3 is 15.3 Å². The number of hydrogen-bond acceptors (Lipinski definition) is 5. The van der Waals surface area contributed by atoms with Gasteiger partial charge >= 0.3 is 5.97 Å². The third kappa shape index (κ3) is 4.03. The van der Waals surface area contributed by atoms with Crippen LogP contribution in [0.25, 0.3) is 0 Å². The highest BCUT2D eigenvalue weighted by Gasteiger charge is 2.36. The molecule has 1 aliphatic heterocycles. The maximum absolute atomic E-state index is 12.1. The van der Waals surface area contributed by atoms with Crippen molar-refractivity contribution in [1.29, 1.82) is 0 Å². The van der Waals surface area contributed by atoms with Crippen molar-refractivity contribution in [3.8, 4) is 0 Å². The van der Waals surface area contributed by atoms with Gasteiger partial charge in [0.2, 0.25) is 5.91 Å². The SMILES string of the molecule is CNC(=S)SC[C@@H](C)C(=O)N1CSC[C@H]1C(=O)O. The van der Waals surface area contributed by atoms with Gasteiger partial charge in [-0.15, -0.1) is 11.8 Å². The molecule has 2 N–H and O–H groups in total. The molecule has 1 rings (SSSR count). The van der Waals surface area contributed by atoms with Crippen molar-refractivity contribution in [2.75, 3.05) is 24.4 Å². The molecule has 0 spiro atoms. The van der Waals surface area contributed by atoms with Gasteiger partial charge in [-0.1, -0.05) is 30.9 Å². The van der Waals surface area contributed by atoms with Crippen LogP contribution in [0.2, 0.25) is 0 Å². The van der Waals surface area contributed by atoms with Crippen LogP contribution in [0, 0.1) is 5.92 Å². The summed E-state index contributed by atoms with van der Waals surface area (Å²) in [7, 11) is 1.74. The van der Waals surface area contributed by atoms with Gasteiger partial charge in [-0.25, -0.2) is 4.79 Å². The van der Waals surface area contributed by atoms with Gasteiger partial charge in [0.15, 0.2) is 0 Å². The molecule has 1 heterocycles. The predicted octanol–water partition coefficient (Wildman–Crippen LogP) is 0.846. The average molecular weight is 308 g/mol. The Morgan fingerprint density at radius 3 is 2.89 bits per heavy atom. The standard InChI is InChI=1S/C10H16N2O3S3/c1-6(3-18-10(16)11-2)8(13)12-5-17-4-7(12)9(14)15/h6-7H,3-5H2,1-2H3,(H,11,16)(H,14,15)/t6-,7+/m1/s1. The number of nitrogens with zero attached hydrogens (tertiary/aromatic N) is 1. The Hall–Kier alpha value is -0.470. The first-order chi connectivity index (χ1) is 8.47. The summed E-state index contributed by atoms with van der Waals surface area (Å²) in [4.78, 5) is 24.6. The van der Waals surface area contributed by atoms with E-state index in [2.05, 4.69) is 5.32 Å². The first-order valence-electron chi connectivity index (χ1n) is 5.43. The van der Waals surface area contributed by atoms with E-state index in [4.69, 9.17) is 17.3 Å². The number of amides is 1. The van der Waals surface area contributed by atoms with E-state index < -0.39 is 12.0 Å². The molecule has 0 saturated carbocycles. The monoisotopic (exact) mass is 308 g/mol. The Labute approximate surface area is 120 Å². The van der Waals surface area contributed by atoms with E-state index >= 15 is 0 Å². The second-order valence-electron chi connectivity index (χ2n) is 3.91. The Balaban J connectivity index is 2.52. The molecular formula is C10H16N2O3S3. The van der Waals surface area contributed by atoms with Crippen LogP contribution in [0.3, 0.4) is 0 Å². The number of carbonyl (C=O) groups is 2. The first kappa shape index (κ1) is 15.6. The lowest BCUT2D eigenvalue weighted by Crippen LogP contribution is -2.44. The zero-order valence-electron chi connectivity index (χ0n) is 10.2. The van der Waals surface area contributed by atoms with Crippen molar-refractivity contribution in [1.82, 2.24) is 10.2 Å². The predicted molar refractivity (Wildman–Crippen MR) is 78.9 cm³/mol. The highest BCUT2D eigenvalue weighted by molar-refractivity contribution is 8.22. The summed E-state index contributed by atoms with van der Waals surface area (Å²) >= 11 is 7.86. The van der Waals surface area contributed by atoms with Crippen LogP contribution in [0.5, 0.6) is 0 Å². The number of carboxylic acid groups (broad SMARTS) is 1. The van der Waals surface area contributed by atoms with Gasteiger partial charge in [-0.3, -0.25) is 4.79 Å². The van der Waals surface area contributed by atoms with Gasteiger partial charge in [0.25, 0.3) is 0 Å². The molecule has 1 saturated heterocycles. The fourth-order valence-corrected chi connectivity index (χ4v) is 3.54. The minimum atomic E-state index is -0.932. The number of hydrogen-bond donors (Lipinski definition) is 2. The highest BCUT2D eigenvalue weighted by Crippen LogP contribution is 2.24. The van der Waals surface area contributed by atoms with E-state index in [1.54, 1.807) is 14.0 Å². The van der Waals surface area contributed by atoms with Crippen LogP contribution >= 0.6 is 35.7 Å².